The van der Waals surface area contributed by atoms with Crippen molar-refractivity contribution in [3.8, 4) is 0 Å². The lowest BCUT2D eigenvalue weighted by Crippen LogP contribution is -2.06. The fourth-order valence-corrected chi connectivity index (χ4v) is 1.81. The van der Waals surface area contributed by atoms with Crippen LogP contribution < -0.4 is 0 Å². The number of ketones is 1. The first-order valence-electron chi connectivity index (χ1n) is 5.99. The Morgan fingerprint density at radius 1 is 1.11 bits per heavy atom. The van der Waals surface area contributed by atoms with E-state index in [0.717, 1.165) is 23.8 Å². The zero-order chi connectivity index (χ0) is 13.7. The van der Waals surface area contributed by atoms with Crippen LogP contribution in [-0.2, 0) is 17.6 Å². The summed E-state index contributed by atoms with van der Waals surface area (Å²) in [5.41, 5.74) is 1.11. The molecule has 0 amide bonds. The molecule has 0 fully saturated rings. The Balaban J connectivity index is 1.93. The van der Waals surface area contributed by atoms with E-state index in [1.54, 1.807) is 12.4 Å². The topological polar surface area (TPSA) is 30.0 Å². The van der Waals surface area contributed by atoms with Crippen LogP contribution in [0.25, 0.3) is 0 Å². The van der Waals surface area contributed by atoms with Crippen LogP contribution >= 0.6 is 0 Å². The smallest absolute Gasteiger partial charge is 0.137 e. The molecule has 1 aromatic heterocycles. The summed E-state index contributed by atoms with van der Waals surface area (Å²) in [5, 5.41) is 0. The van der Waals surface area contributed by atoms with Gasteiger partial charge in [0.15, 0.2) is 0 Å². The molecule has 1 aromatic carbocycles. The van der Waals surface area contributed by atoms with E-state index in [0.29, 0.717) is 12.8 Å². The summed E-state index contributed by atoms with van der Waals surface area (Å²) in [5.74, 6) is -1.18. The number of carbonyl (C=O) groups is 1. The van der Waals surface area contributed by atoms with Gasteiger partial charge in [0.2, 0.25) is 0 Å². The van der Waals surface area contributed by atoms with E-state index in [1.165, 1.54) is 0 Å². The zero-order valence-corrected chi connectivity index (χ0v) is 10.3. The molecular weight excluding hydrogens is 248 g/mol. The molecule has 0 aliphatic carbocycles. The summed E-state index contributed by atoms with van der Waals surface area (Å²) in [6, 6.07) is 6.81. The summed E-state index contributed by atoms with van der Waals surface area (Å²) < 4.78 is 26.3. The van der Waals surface area contributed by atoms with E-state index in [2.05, 4.69) is 4.98 Å². The van der Waals surface area contributed by atoms with E-state index in [1.807, 2.05) is 12.1 Å². The van der Waals surface area contributed by atoms with Crippen molar-refractivity contribution in [1.29, 1.82) is 0 Å². The molecule has 1 heterocycles. The SMILES string of the molecule is O=C(CCc1ccncc1)Cc1cc(F)ccc1F. The third-order valence-electron chi connectivity index (χ3n) is 2.84. The van der Waals surface area contributed by atoms with Gasteiger partial charge in [0, 0.05) is 25.2 Å². The van der Waals surface area contributed by atoms with E-state index in [4.69, 9.17) is 0 Å². The molecule has 0 aliphatic rings. The molecule has 0 saturated carbocycles. The molecule has 0 bridgehead atoms. The molecule has 0 aliphatic heterocycles. The molecule has 0 radical (unpaired) electrons. The summed E-state index contributed by atoms with van der Waals surface area (Å²) in [4.78, 5) is 15.6. The molecule has 0 saturated heterocycles. The van der Waals surface area contributed by atoms with E-state index in [9.17, 15) is 13.6 Å². The minimum absolute atomic E-state index is 0.0747. The first kappa shape index (κ1) is 13.3. The Bertz CT molecular complexity index is 570. The van der Waals surface area contributed by atoms with E-state index < -0.39 is 11.6 Å². The average Bonchev–Trinajstić information content (AvgIpc) is 2.42. The van der Waals surface area contributed by atoms with Crippen molar-refractivity contribution < 1.29 is 13.6 Å². The fraction of sp³-hybridized carbons (Fsp3) is 0.200. The van der Waals surface area contributed by atoms with Crippen molar-refractivity contribution in [2.75, 3.05) is 0 Å². The van der Waals surface area contributed by atoms with Crippen LogP contribution in [0.5, 0.6) is 0 Å². The number of aromatic nitrogens is 1. The van der Waals surface area contributed by atoms with E-state index >= 15 is 0 Å². The van der Waals surface area contributed by atoms with Crippen LogP contribution in [0.15, 0.2) is 42.7 Å². The number of benzene rings is 1. The van der Waals surface area contributed by atoms with Crippen LogP contribution in [0.4, 0.5) is 8.78 Å². The summed E-state index contributed by atoms with van der Waals surface area (Å²) in [7, 11) is 0. The van der Waals surface area contributed by atoms with Crippen molar-refractivity contribution in [3.05, 3.63) is 65.5 Å². The number of rotatable bonds is 5. The number of Topliss-reactive ketones (excluding diaryl/α,β-unsaturated/α-hetero) is 1. The number of hydrogen-bond acceptors (Lipinski definition) is 2. The third-order valence-corrected chi connectivity index (χ3v) is 2.84. The Morgan fingerprint density at radius 2 is 1.84 bits per heavy atom. The molecule has 4 heteroatoms. The molecule has 2 aromatic rings. The Kier molecular flexibility index (Phi) is 4.34. The number of carbonyl (C=O) groups excluding carboxylic acids is 1. The monoisotopic (exact) mass is 261 g/mol. The van der Waals surface area contributed by atoms with Crippen LogP contribution in [0.3, 0.4) is 0 Å². The lowest BCUT2D eigenvalue weighted by Gasteiger charge is -2.03. The van der Waals surface area contributed by atoms with Crippen molar-refractivity contribution in [3.63, 3.8) is 0 Å². The van der Waals surface area contributed by atoms with Gasteiger partial charge in [-0.15, -0.1) is 0 Å². The highest BCUT2D eigenvalue weighted by Gasteiger charge is 2.09. The van der Waals surface area contributed by atoms with Crippen molar-refractivity contribution in [2.45, 2.75) is 19.3 Å². The summed E-state index contributed by atoms with van der Waals surface area (Å²) >= 11 is 0. The van der Waals surface area contributed by atoms with E-state index in [-0.39, 0.29) is 17.8 Å². The first-order chi connectivity index (χ1) is 9.15. The molecule has 2 nitrogen and oxygen atoms in total. The van der Waals surface area contributed by atoms with Crippen molar-refractivity contribution in [1.82, 2.24) is 4.98 Å². The molecule has 0 unspecified atom stereocenters. The van der Waals surface area contributed by atoms with Crippen LogP contribution in [0.1, 0.15) is 17.5 Å². The average molecular weight is 261 g/mol. The van der Waals surface area contributed by atoms with Gasteiger partial charge < -0.3 is 0 Å². The summed E-state index contributed by atoms with van der Waals surface area (Å²) in [6.45, 7) is 0. The maximum Gasteiger partial charge on any atom is 0.137 e. The molecule has 98 valence electrons. The largest absolute Gasteiger partial charge is 0.299 e. The molecule has 0 spiro atoms. The number of hydrogen-bond donors (Lipinski definition) is 0. The van der Waals surface area contributed by atoms with Gasteiger partial charge in [-0.2, -0.15) is 0 Å². The van der Waals surface area contributed by atoms with Gasteiger partial charge in [-0.1, -0.05) is 0 Å². The highest BCUT2D eigenvalue weighted by molar-refractivity contribution is 5.81. The predicted octanol–water partition coefficient (Wildman–Crippen LogP) is 3.10. The second kappa shape index (κ2) is 6.18. The maximum absolute atomic E-state index is 13.4. The van der Waals surface area contributed by atoms with Gasteiger partial charge in [0.25, 0.3) is 0 Å². The molecular formula is C15H13F2NO. The first-order valence-corrected chi connectivity index (χ1v) is 5.99. The van der Waals surface area contributed by atoms with Gasteiger partial charge in [0.05, 0.1) is 0 Å². The second-order valence-electron chi connectivity index (χ2n) is 4.31. The van der Waals surface area contributed by atoms with Gasteiger partial charge in [-0.25, -0.2) is 8.78 Å². The predicted molar refractivity (Wildman–Crippen MR) is 67.6 cm³/mol. The van der Waals surface area contributed by atoms with Crippen LogP contribution in [-0.4, -0.2) is 10.8 Å². The van der Waals surface area contributed by atoms with Crippen molar-refractivity contribution >= 4 is 5.78 Å². The minimum atomic E-state index is -0.543. The molecule has 19 heavy (non-hydrogen) atoms. The lowest BCUT2D eigenvalue weighted by molar-refractivity contribution is -0.118. The molecule has 0 atom stereocenters. The van der Waals surface area contributed by atoms with Gasteiger partial charge in [-0.05, 0) is 47.9 Å². The second-order valence-corrected chi connectivity index (χ2v) is 4.31. The molecule has 0 N–H and O–H groups in total. The standard InChI is InChI=1S/C15H13F2NO/c16-13-2-4-15(17)12(9-13)10-14(19)3-1-11-5-7-18-8-6-11/h2,4-9H,1,3,10H2. The Hall–Kier alpha value is -2.10. The van der Waals surface area contributed by atoms with Gasteiger partial charge >= 0.3 is 0 Å². The quantitative estimate of drug-likeness (QED) is 0.827. The summed E-state index contributed by atoms with van der Waals surface area (Å²) in [6.07, 6.45) is 4.13. The van der Waals surface area contributed by atoms with Crippen LogP contribution in [0.2, 0.25) is 0 Å². The Morgan fingerprint density at radius 3 is 2.58 bits per heavy atom. The maximum atomic E-state index is 13.4. The highest BCUT2D eigenvalue weighted by atomic mass is 19.1. The zero-order valence-electron chi connectivity index (χ0n) is 10.3. The van der Waals surface area contributed by atoms with Crippen LogP contribution in [0, 0.1) is 11.6 Å². The Labute approximate surface area is 110 Å². The minimum Gasteiger partial charge on any atom is -0.299 e. The number of nitrogens with zero attached hydrogens (tertiary/aromatic N) is 1. The van der Waals surface area contributed by atoms with Gasteiger partial charge in [0.1, 0.15) is 17.4 Å². The number of halogens is 2. The third kappa shape index (κ3) is 3.95. The number of pyridine rings is 1. The fourth-order valence-electron chi connectivity index (χ4n) is 1.81. The highest BCUT2D eigenvalue weighted by Crippen LogP contribution is 2.12. The lowest BCUT2D eigenvalue weighted by atomic mass is 10.0. The van der Waals surface area contributed by atoms with Crippen molar-refractivity contribution in [2.24, 2.45) is 0 Å². The van der Waals surface area contributed by atoms with Gasteiger partial charge in [-0.3, -0.25) is 9.78 Å². The normalized spacial score (nSPS) is 10.4. The number of aryl methyl sites for hydroxylation is 1. The molecule has 2 rings (SSSR count).